The van der Waals surface area contributed by atoms with Gasteiger partial charge in [-0.15, -0.1) is 0 Å². The molecule has 0 aliphatic heterocycles. The van der Waals surface area contributed by atoms with E-state index in [1.165, 1.54) is 12.1 Å². The second-order valence-corrected chi connectivity index (χ2v) is 4.28. The van der Waals surface area contributed by atoms with Crippen LogP contribution in [0.2, 0.25) is 0 Å². The molecule has 1 saturated carbocycles. The summed E-state index contributed by atoms with van der Waals surface area (Å²) >= 11 is 0. The monoisotopic (exact) mass is 219 g/mol. The van der Waals surface area contributed by atoms with Gasteiger partial charge < -0.3 is 10.1 Å². The quantitative estimate of drug-likeness (QED) is 0.814. The molecule has 16 heavy (non-hydrogen) atoms. The van der Waals surface area contributed by atoms with Crippen molar-refractivity contribution in [2.24, 2.45) is 0 Å². The zero-order valence-corrected chi connectivity index (χ0v) is 8.46. The van der Waals surface area contributed by atoms with Crippen molar-refractivity contribution in [2.75, 3.05) is 0 Å². The number of nitrogens with one attached hydrogen (secondary N) is 1. The van der Waals surface area contributed by atoms with E-state index in [1.807, 2.05) is 0 Å². The molecule has 0 saturated heterocycles. The number of H-pyrrole nitrogens is 1. The summed E-state index contributed by atoms with van der Waals surface area (Å²) in [4.78, 5) is 14.1. The lowest BCUT2D eigenvalue weighted by Crippen LogP contribution is -2.18. The highest BCUT2D eigenvalue weighted by atomic mass is 19.1. The van der Waals surface area contributed by atoms with E-state index < -0.39 is 11.4 Å². The number of benzene rings is 1. The lowest BCUT2D eigenvalue weighted by molar-refractivity contribution is -0.139. The van der Waals surface area contributed by atoms with Crippen molar-refractivity contribution >= 4 is 16.9 Å². The van der Waals surface area contributed by atoms with E-state index in [9.17, 15) is 14.3 Å². The van der Waals surface area contributed by atoms with Crippen LogP contribution < -0.4 is 0 Å². The number of aliphatic carboxylic acids is 1. The topological polar surface area (TPSA) is 53.1 Å². The van der Waals surface area contributed by atoms with Crippen LogP contribution in [-0.2, 0) is 10.2 Å². The minimum Gasteiger partial charge on any atom is -0.481 e. The molecule has 0 bridgehead atoms. The van der Waals surface area contributed by atoms with Crippen LogP contribution >= 0.6 is 0 Å². The smallest absolute Gasteiger partial charge is 0.314 e. The third kappa shape index (κ3) is 1.10. The van der Waals surface area contributed by atoms with E-state index in [-0.39, 0.29) is 5.82 Å². The molecule has 2 N–H and O–H groups in total. The van der Waals surface area contributed by atoms with Gasteiger partial charge in [-0.3, -0.25) is 4.79 Å². The van der Waals surface area contributed by atoms with Gasteiger partial charge in [0.1, 0.15) is 5.82 Å². The molecule has 1 aliphatic carbocycles. The van der Waals surface area contributed by atoms with Crippen molar-refractivity contribution in [1.29, 1.82) is 0 Å². The third-order valence-electron chi connectivity index (χ3n) is 3.32. The van der Waals surface area contributed by atoms with Crippen molar-refractivity contribution in [3.8, 4) is 0 Å². The number of hydrogen-bond acceptors (Lipinski definition) is 1. The Bertz CT molecular complexity index is 584. The van der Waals surface area contributed by atoms with E-state index in [4.69, 9.17) is 0 Å². The van der Waals surface area contributed by atoms with Gasteiger partial charge >= 0.3 is 5.97 Å². The molecule has 2 aromatic rings. The Hall–Kier alpha value is -1.84. The number of carboxylic acid groups (broad SMARTS) is 1. The zero-order valence-electron chi connectivity index (χ0n) is 8.46. The van der Waals surface area contributed by atoms with E-state index in [1.54, 1.807) is 12.3 Å². The van der Waals surface area contributed by atoms with E-state index in [0.29, 0.717) is 18.4 Å². The van der Waals surface area contributed by atoms with Gasteiger partial charge in [-0.2, -0.15) is 0 Å². The lowest BCUT2D eigenvalue weighted by atomic mass is 9.96. The number of fused-ring (bicyclic) bond motifs is 1. The molecule has 0 spiro atoms. The van der Waals surface area contributed by atoms with Crippen LogP contribution in [0.4, 0.5) is 4.39 Å². The Morgan fingerprint density at radius 1 is 1.44 bits per heavy atom. The molecule has 3 nitrogen and oxygen atoms in total. The second-order valence-electron chi connectivity index (χ2n) is 4.28. The molecule has 3 rings (SSSR count). The zero-order chi connectivity index (χ0) is 11.3. The van der Waals surface area contributed by atoms with E-state index in [0.717, 1.165) is 10.9 Å². The molecule has 1 heterocycles. The summed E-state index contributed by atoms with van der Waals surface area (Å²) in [6.45, 7) is 0. The minimum atomic E-state index is -0.794. The maximum absolute atomic E-state index is 13.0. The van der Waals surface area contributed by atoms with Gasteiger partial charge in [-0.25, -0.2) is 4.39 Å². The molecule has 0 unspecified atom stereocenters. The first-order valence-electron chi connectivity index (χ1n) is 5.14. The average molecular weight is 219 g/mol. The third-order valence-corrected chi connectivity index (χ3v) is 3.32. The molecule has 1 fully saturated rings. The van der Waals surface area contributed by atoms with Crippen molar-refractivity contribution in [3.63, 3.8) is 0 Å². The van der Waals surface area contributed by atoms with Crippen LogP contribution in [0.1, 0.15) is 18.4 Å². The molecular formula is C12H10FNO2. The van der Waals surface area contributed by atoms with Crippen LogP contribution in [-0.4, -0.2) is 16.1 Å². The average Bonchev–Trinajstić information content (AvgIpc) is 2.94. The maximum atomic E-state index is 13.0. The fourth-order valence-electron chi connectivity index (χ4n) is 2.22. The van der Waals surface area contributed by atoms with Crippen LogP contribution in [0.25, 0.3) is 10.9 Å². The standard InChI is InChI=1S/C12H10FNO2/c13-7-1-2-8-9(6-14-10(8)5-7)12(3-4-12)11(15)16/h1-2,5-6,14H,3-4H2,(H,15,16). The Morgan fingerprint density at radius 2 is 2.19 bits per heavy atom. The highest BCUT2D eigenvalue weighted by molar-refractivity contribution is 5.94. The van der Waals surface area contributed by atoms with Crippen molar-refractivity contribution < 1.29 is 14.3 Å². The largest absolute Gasteiger partial charge is 0.481 e. The van der Waals surface area contributed by atoms with Crippen LogP contribution in [0.15, 0.2) is 24.4 Å². The molecule has 4 heteroatoms. The van der Waals surface area contributed by atoms with Gasteiger partial charge in [0.15, 0.2) is 0 Å². The van der Waals surface area contributed by atoms with Gasteiger partial charge in [0, 0.05) is 17.1 Å². The molecule has 82 valence electrons. The highest BCUT2D eigenvalue weighted by Crippen LogP contribution is 2.50. The Morgan fingerprint density at radius 3 is 2.81 bits per heavy atom. The second kappa shape index (κ2) is 2.84. The summed E-state index contributed by atoms with van der Waals surface area (Å²) in [6.07, 6.45) is 3.00. The van der Waals surface area contributed by atoms with Crippen molar-refractivity contribution in [2.45, 2.75) is 18.3 Å². The Kier molecular flexibility index (Phi) is 1.67. The van der Waals surface area contributed by atoms with E-state index >= 15 is 0 Å². The SMILES string of the molecule is O=C(O)C1(c2c[nH]c3cc(F)ccc23)CC1. The summed E-state index contributed by atoms with van der Waals surface area (Å²) in [5.41, 5.74) is 0.688. The summed E-state index contributed by atoms with van der Waals surface area (Å²) in [7, 11) is 0. The van der Waals surface area contributed by atoms with Crippen LogP contribution in [0.5, 0.6) is 0 Å². The summed E-state index contributed by atoms with van der Waals surface area (Å²) in [6, 6.07) is 4.38. The molecule has 0 radical (unpaired) electrons. The fraction of sp³-hybridized carbons (Fsp3) is 0.250. The first kappa shape index (κ1) is 9.39. The summed E-state index contributed by atoms with van der Waals surface area (Å²) in [5, 5.41) is 10.0. The van der Waals surface area contributed by atoms with Gasteiger partial charge in [0.05, 0.1) is 5.41 Å². The number of rotatable bonds is 2. The predicted molar refractivity (Wildman–Crippen MR) is 56.8 cm³/mol. The normalized spacial score (nSPS) is 17.6. The van der Waals surface area contributed by atoms with Gasteiger partial charge in [-0.1, -0.05) is 0 Å². The molecule has 0 atom stereocenters. The summed E-state index contributed by atoms with van der Waals surface area (Å²) in [5.74, 6) is -1.11. The maximum Gasteiger partial charge on any atom is 0.314 e. The highest BCUT2D eigenvalue weighted by Gasteiger charge is 2.52. The Balaban J connectivity index is 2.22. The van der Waals surface area contributed by atoms with Crippen molar-refractivity contribution in [1.82, 2.24) is 4.98 Å². The fourth-order valence-corrected chi connectivity index (χ4v) is 2.22. The van der Waals surface area contributed by atoms with Crippen LogP contribution in [0.3, 0.4) is 0 Å². The molecule has 0 amide bonds. The predicted octanol–water partition coefficient (Wildman–Crippen LogP) is 2.42. The number of carboxylic acids is 1. The molecular weight excluding hydrogens is 209 g/mol. The number of hydrogen-bond donors (Lipinski definition) is 2. The summed E-state index contributed by atoms with van der Waals surface area (Å²) < 4.78 is 13.0. The number of aromatic amines is 1. The molecule has 1 aromatic carbocycles. The van der Waals surface area contributed by atoms with Crippen LogP contribution in [0, 0.1) is 5.82 Å². The molecule has 1 aromatic heterocycles. The number of carbonyl (C=O) groups is 1. The van der Waals surface area contributed by atoms with Crippen molar-refractivity contribution in [3.05, 3.63) is 35.8 Å². The van der Waals surface area contributed by atoms with E-state index in [2.05, 4.69) is 4.98 Å². The Labute approximate surface area is 90.9 Å². The molecule has 1 aliphatic rings. The number of aromatic nitrogens is 1. The van der Waals surface area contributed by atoms with Gasteiger partial charge in [-0.05, 0) is 36.6 Å². The van der Waals surface area contributed by atoms with Gasteiger partial charge in [0.2, 0.25) is 0 Å². The first-order valence-corrected chi connectivity index (χ1v) is 5.14. The number of halogens is 1. The first-order chi connectivity index (χ1) is 7.63. The van der Waals surface area contributed by atoms with Gasteiger partial charge in [0.25, 0.3) is 0 Å². The lowest BCUT2D eigenvalue weighted by Gasteiger charge is -2.07. The minimum absolute atomic E-state index is 0.318.